The Hall–Kier alpha value is -2.18. The molecule has 0 spiro atoms. The molecule has 0 radical (unpaired) electrons. The summed E-state index contributed by atoms with van der Waals surface area (Å²) >= 11 is 11.4. The molecule has 0 unspecified atom stereocenters. The molecule has 2 N–H and O–H groups in total. The zero-order valence-corrected chi connectivity index (χ0v) is 14.0. The number of nitrogens with one attached hydrogen (secondary N) is 2. The molecule has 1 aromatic heterocycles. The highest BCUT2D eigenvalue weighted by Crippen LogP contribution is 2.24. The van der Waals surface area contributed by atoms with E-state index in [9.17, 15) is 14.0 Å². The van der Waals surface area contributed by atoms with Gasteiger partial charge in [0.05, 0.1) is 15.6 Å². The lowest BCUT2D eigenvalue weighted by molar-refractivity contribution is -0.121. The van der Waals surface area contributed by atoms with Crippen LogP contribution in [-0.2, 0) is 11.3 Å². The van der Waals surface area contributed by atoms with Crippen LogP contribution in [0.2, 0.25) is 10.0 Å². The van der Waals surface area contributed by atoms with Crippen molar-refractivity contribution in [3.05, 3.63) is 63.6 Å². The number of nitrogens with zero attached hydrogens (tertiary/aromatic N) is 1. The number of halogens is 3. The van der Waals surface area contributed by atoms with Crippen molar-refractivity contribution in [1.29, 1.82) is 0 Å². The minimum atomic E-state index is -0.736. The van der Waals surface area contributed by atoms with Gasteiger partial charge in [0.2, 0.25) is 5.91 Å². The SMILES string of the molecule is O=C(CCNC(=O)c1cc(F)c(Cl)cc1Cl)NCc1cccnc1. The number of carbonyl (C=O) groups excluding carboxylic acids is 2. The smallest absolute Gasteiger partial charge is 0.252 e. The molecule has 1 heterocycles. The quantitative estimate of drug-likeness (QED) is 0.768. The first-order chi connectivity index (χ1) is 11.5. The van der Waals surface area contributed by atoms with Crippen LogP contribution in [0.1, 0.15) is 22.3 Å². The lowest BCUT2D eigenvalue weighted by atomic mass is 10.2. The fraction of sp³-hybridized carbons (Fsp3) is 0.188. The van der Waals surface area contributed by atoms with E-state index in [0.717, 1.165) is 17.7 Å². The molecule has 8 heteroatoms. The van der Waals surface area contributed by atoms with Crippen molar-refractivity contribution < 1.29 is 14.0 Å². The van der Waals surface area contributed by atoms with Crippen molar-refractivity contribution in [2.24, 2.45) is 0 Å². The number of benzene rings is 1. The Labute approximate surface area is 148 Å². The minimum Gasteiger partial charge on any atom is -0.352 e. The minimum absolute atomic E-state index is 0.0330. The van der Waals surface area contributed by atoms with Crippen molar-refractivity contribution in [1.82, 2.24) is 15.6 Å². The lowest BCUT2D eigenvalue weighted by Crippen LogP contribution is -2.30. The van der Waals surface area contributed by atoms with Gasteiger partial charge < -0.3 is 10.6 Å². The highest BCUT2D eigenvalue weighted by Gasteiger charge is 2.14. The molecule has 5 nitrogen and oxygen atoms in total. The normalized spacial score (nSPS) is 10.3. The first-order valence-electron chi connectivity index (χ1n) is 7.05. The summed E-state index contributed by atoms with van der Waals surface area (Å²) in [6.45, 7) is 0.452. The number of aromatic nitrogens is 1. The average molecular weight is 370 g/mol. The molecule has 2 amide bonds. The van der Waals surface area contributed by atoms with Gasteiger partial charge in [-0.2, -0.15) is 0 Å². The van der Waals surface area contributed by atoms with Crippen LogP contribution in [0, 0.1) is 5.82 Å². The van der Waals surface area contributed by atoms with Crippen LogP contribution in [0.4, 0.5) is 4.39 Å². The van der Waals surface area contributed by atoms with Gasteiger partial charge in [0.25, 0.3) is 5.91 Å². The summed E-state index contributed by atoms with van der Waals surface area (Å²) in [6.07, 6.45) is 3.38. The maximum Gasteiger partial charge on any atom is 0.252 e. The van der Waals surface area contributed by atoms with Gasteiger partial charge >= 0.3 is 0 Å². The molecule has 0 aliphatic rings. The van der Waals surface area contributed by atoms with Crippen molar-refractivity contribution in [2.75, 3.05) is 6.54 Å². The van der Waals surface area contributed by atoms with E-state index in [1.807, 2.05) is 6.07 Å². The van der Waals surface area contributed by atoms with Crippen LogP contribution >= 0.6 is 23.2 Å². The maximum atomic E-state index is 13.4. The second kappa shape index (κ2) is 8.61. The van der Waals surface area contributed by atoms with Crippen LogP contribution in [0.25, 0.3) is 0 Å². The molecule has 0 saturated heterocycles. The Kier molecular flexibility index (Phi) is 6.52. The summed E-state index contributed by atoms with van der Waals surface area (Å²) < 4.78 is 13.4. The van der Waals surface area contributed by atoms with Gasteiger partial charge in [-0.25, -0.2) is 4.39 Å². The molecule has 0 atom stereocenters. The van der Waals surface area contributed by atoms with Crippen LogP contribution in [-0.4, -0.2) is 23.3 Å². The fourth-order valence-electron chi connectivity index (χ4n) is 1.87. The highest BCUT2D eigenvalue weighted by molar-refractivity contribution is 6.36. The molecule has 1 aromatic carbocycles. The van der Waals surface area contributed by atoms with E-state index in [1.54, 1.807) is 18.5 Å². The average Bonchev–Trinajstić information content (AvgIpc) is 2.57. The van der Waals surface area contributed by atoms with Crippen molar-refractivity contribution >= 4 is 35.0 Å². The van der Waals surface area contributed by atoms with Crippen molar-refractivity contribution in [3.8, 4) is 0 Å². The van der Waals surface area contributed by atoms with E-state index in [-0.39, 0.29) is 34.5 Å². The van der Waals surface area contributed by atoms with Crippen LogP contribution in [0.5, 0.6) is 0 Å². The van der Waals surface area contributed by atoms with E-state index < -0.39 is 11.7 Å². The molecular formula is C16H14Cl2FN3O2. The lowest BCUT2D eigenvalue weighted by Gasteiger charge is -2.08. The monoisotopic (exact) mass is 369 g/mol. The molecular weight excluding hydrogens is 356 g/mol. The molecule has 126 valence electrons. The van der Waals surface area contributed by atoms with Gasteiger partial charge in [-0.15, -0.1) is 0 Å². The molecule has 0 saturated carbocycles. The third-order valence-electron chi connectivity index (χ3n) is 3.10. The number of amides is 2. The largest absolute Gasteiger partial charge is 0.352 e. The maximum absolute atomic E-state index is 13.4. The van der Waals surface area contributed by atoms with Gasteiger partial charge in [-0.1, -0.05) is 29.3 Å². The van der Waals surface area contributed by atoms with E-state index >= 15 is 0 Å². The van der Waals surface area contributed by atoms with Gasteiger partial charge in [0.1, 0.15) is 5.82 Å². The molecule has 0 aliphatic carbocycles. The Morgan fingerprint density at radius 1 is 1.17 bits per heavy atom. The highest BCUT2D eigenvalue weighted by atomic mass is 35.5. The fourth-order valence-corrected chi connectivity index (χ4v) is 2.34. The summed E-state index contributed by atoms with van der Waals surface area (Å²) in [5.41, 5.74) is 0.840. The molecule has 2 aromatic rings. The van der Waals surface area contributed by atoms with Gasteiger partial charge in [0, 0.05) is 31.9 Å². The van der Waals surface area contributed by atoms with E-state index in [4.69, 9.17) is 23.2 Å². The second-order valence-corrected chi connectivity index (χ2v) is 5.70. The van der Waals surface area contributed by atoms with E-state index in [1.165, 1.54) is 0 Å². The third-order valence-corrected chi connectivity index (χ3v) is 3.71. The van der Waals surface area contributed by atoms with Gasteiger partial charge in [-0.3, -0.25) is 14.6 Å². The first kappa shape index (κ1) is 18.2. The zero-order chi connectivity index (χ0) is 17.5. The second-order valence-electron chi connectivity index (χ2n) is 4.89. The van der Waals surface area contributed by atoms with Crippen molar-refractivity contribution in [2.45, 2.75) is 13.0 Å². The Morgan fingerprint density at radius 3 is 2.67 bits per heavy atom. The standard InChI is InChI=1S/C16H14Cl2FN3O2/c17-12-7-13(18)14(19)6-11(12)16(24)21-5-3-15(23)22-9-10-2-1-4-20-8-10/h1-2,4,6-8H,3,5,9H2,(H,21,24)(H,22,23). The predicted molar refractivity (Wildman–Crippen MR) is 89.5 cm³/mol. The van der Waals surface area contributed by atoms with Crippen LogP contribution < -0.4 is 10.6 Å². The molecule has 0 bridgehead atoms. The number of hydrogen-bond donors (Lipinski definition) is 2. The molecule has 0 fully saturated rings. The summed E-state index contributed by atoms with van der Waals surface area (Å²) in [6, 6.07) is 5.74. The summed E-state index contributed by atoms with van der Waals surface area (Å²) in [5.74, 6) is -1.54. The topological polar surface area (TPSA) is 71.1 Å². The van der Waals surface area contributed by atoms with Crippen molar-refractivity contribution in [3.63, 3.8) is 0 Å². The van der Waals surface area contributed by atoms with E-state index in [2.05, 4.69) is 15.6 Å². The first-order valence-corrected chi connectivity index (χ1v) is 7.81. The molecule has 24 heavy (non-hydrogen) atoms. The Balaban J connectivity index is 1.78. The number of carbonyl (C=O) groups is 2. The van der Waals surface area contributed by atoms with Gasteiger partial charge in [-0.05, 0) is 23.8 Å². The number of rotatable bonds is 6. The summed E-state index contributed by atoms with van der Waals surface area (Å²) in [7, 11) is 0. The Bertz CT molecular complexity index is 742. The third kappa shape index (κ3) is 5.18. The summed E-state index contributed by atoms with van der Waals surface area (Å²) in [5, 5.41) is 5.10. The van der Waals surface area contributed by atoms with Crippen LogP contribution in [0.3, 0.4) is 0 Å². The Morgan fingerprint density at radius 2 is 1.96 bits per heavy atom. The van der Waals surface area contributed by atoms with Gasteiger partial charge in [0.15, 0.2) is 0 Å². The zero-order valence-electron chi connectivity index (χ0n) is 12.5. The molecule has 2 rings (SSSR count). The molecule has 0 aliphatic heterocycles. The van der Waals surface area contributed by atoms with Crippen LogP contribution in [0.15, 0.2) is 36.7 Å². The number of pyridine rings is 1. The predicted octanol–water partition coefficient (Wildman–Crippen LogP) is 2.96. The van der Waals surface area contributed by atoms with E-state index in [0.29, 0.717) is 6.54 Å². The number of hydrogen-bond acceptors (Lipinski definition) is 3. The summed E-state index contributed by atoms with van der Waals surface area (Å²) in [4.78, 5) is 27.6.